The van der Waals surface area contributed by atoms with Crippen molar-refractivity contribution < 1.29 is 19.4 Å². The van der Waals surface area contributed by atoms with E-state index in [1.165, 1.54) is 0 Å². The summed E-state index contributed by atoms with van der Waals surface area (Å²) in [5, 5.41) is 12.0. The van der Waals surface area contributed by atoms with Gasteiger partial charge in [-0.05, 0) is 39.2 Å². The second-order valence-corrected chi connectivity index (χ2v) is 6.92. The molecule has 120 valence electrons. The van der Waals surface area contributed by atoms with Crippen LogP contribution in [0.1, 0.15) is 51.6 Å². The van der Waals surface area contributed by atoms with Crippen molar-refractivity contribution in [1.82, 2.24) is 5.32 Å². The number of hydrogen-bond acceptors (Lipinski definition) is 3. The van der Waals surface area contributed by atoms with Gasteiger partial charge < -0.3 is 15.2 Å². The zero-order valence-corrected chi connectivity index (χ0v) is 13.3. The SMILES string of the molecule is CC(C)(C)OC(=O)NC(c1ccccc1)C1(CC(=O)O)CC1. The van der Waals surface area contributed by atoms with Gasteiger partial charge in [0.1, 0.15) is 5.60 Å². The molecular weight excluding hydrogens is 282 g/mol. The normalized spacial score (nSPS) is 17.4. The molecule has 2 rings (SSSR count). The van der Waals surface area contributed by atoms with Crippen molar-refractivity contribution in [1.29, 1.82) is 0 Å². The minimum Gasteiger partial charge on any atom is -0.481 e. The highest BCUT2D eigenvalue weighted by atomic mass is 16.6. The highest BCUT2D eigenvalue weighted by Crippen LogP contribution is 2.57. The van der Waals surface area contributed by atoms with E-state index >= 15 is 0 Å². The van der Waals surface area contributed by atoms with E-state index in [1.807, 2.05) is 30.3 Å². The van der Waals surface area contributed by atoms with E-state index in [2.05, 4.69) is 5.32 Å². The molecule has 1 atom stereocenters. The predicted molar refractivity (Wildman–Crippen MR) is 82.5 cm³/mol. The van der Waals surface area contributed by atoms with Crippen LogP contribution < -0.4 is 5.32 Å². The van der Waals surface area contributed by atoms with Gasteiger partial charge in [-0.25, -0.2) is 4.79 Å². The summed E-state index contributed by atoms with van der Waals surface area (Å²) in [6.45, 7) is 5.40. The van der Waals surface area contributed by atoms with E-state index in [-0.39, 0.29) is 12.5 Å². The number of carboxylic acid groups (broad SMARTS) is 1. The highest BCUT2D eigenvalue weighted by Gasteiger charge is 2.52. The number of amides is 1. The maximum absolute atomic E-state index is 12.1. The van der Waals surface area contributed by atoms with Gasteiger partial charge >= 0.3 is 12.1 Å². The third-order valence-corrected chi connectivity index (χ3v) is 3.80. The summed E-state index contributed by atoms with van der Waals surface area (Å²) in [4.78, 5) is 23.3. The Balaban J connectivity index is 2.20. The molecule has 1 aliphatic rings. The second-order valence-electron chi connectivity index (χ2n) is 6.92. The summed E-state index contributed by atoms with van der Waals surface area (Å²) in [7, 11) is 0. The van der Waals surface area contributed by atoms with Crippen LogP contribution in [0.4, 0.5) is 4.79 Å². The van der Waals surface area contributed by atoms with E-state index < -0.39 is 23.1 Å². The molecule has 1 unspecified atom stereocenters. The van der Waals surface area contributed by atoms with Gasteiger partial charge in [-0.3, -0.25) is 4.79 Å². The second kappa shape index (κ2) is 5.99. The number of carboxylic acids is 1. The lowest BCUT2D eigenvalue weighted by Crippen LogP contribution is -2.39. The standard InChI is InChI=1S/C17H23NO4/c1-16(2,3)22-15(21)18-14(12-7-5-4-6-8-12)17(9-10-17)11-13(19)20/h4-8,14H,9-11H2,1-3H3,(H,18,21)(H,19,20). The number of carbonyl (C=O) groups excluding carboxylic acids is 1. The third kappa shape index (κ3) is 4.23. The molecule has 0 aromatic heterocycles. The first-order valence-corrected chi connectivity index (χ1v) is 7.48. The zero-order chi connectivity index (χ0) is 16.4. The Bertz CT molecular complexity index is 544. The minimum absolute atomic E-state index is 0.0440. The summed E-state index contributed by atoms with van der Waals surface area (Å²) in [5.41, 5.74) is -0.0917. The van der Waals surface area contributed by atoms with Crippen molar-refractivity contribution in [3.63, 3.8) is 0 Å². The molecule has 5 heteroatoms. The van der Waals surface area contributed by atoms with Gasteiger partial charge in [0.2, 0.25) is 0 Å². The maximum atomic E-state index is 12.1. The number of rotatable bonds is 5. The summed E-state index contributed by atoms with van der Waals surface area (Å²) in [6, 6.07) is 9.13. The van der Waals surface area contributed by atoms with Crippen molar-refractivity contribution >= 4 is 12.1 Å². The molecule has 0 heterocycles. The van der Waals surface area contributed by atoms with Crippen LogP contribution in [0.25, 0.3) is 0 Å². The summed E-state index contributed by atoms with van der Waals surface area (Å²) >= 11 is 0. The van der Waals surface area contributed by atoms with Gasteiger partial charge in [0.25, 0.3) is 0 Å². The van der Waals surface area contributed by atoms with Crippen LogP contribution in [0, 0.1) is 5.41 Å². The maximum Gasteiger partial charge on any atom is 0.408 e. The fourth-order valence-corrected chi connectivity index (χ4v) is 2.69. The van der Waals surface area contributed by atoms with E-state index in [9.17, 15) is 9.59 Å². The van der Waals surface area contributed by atoms with E-state index in [4.69, 9.17) is 9.84 Å². The minimum atomic E-state index is -0.843. The van der Waals surface area contributed by atoms with Crippen molar-refractivity contribution in [2.45, 2.75) is 51.7 Å². The smallest absolute Gasteiger partial charge is 0.408 e. The molecule has 0 bridgehead atoms. The topological polar surface area (TPSA) is 75.6 Å². The van der Waals surface area contributed by atoms with E-state index in [0.29, 0.717) is 0 Å². The van der Waals surface area contributed by atoms with Crippen molar-refractivity contribution in [2.75, 3.05) is 0 Å². The van der Waals surface area contributed by atoms with Crippen molar-refractivity contribution in [2.24, 2.45) is 5.41 Å². The molecule has 1 aromatic carbocycles. The first-order valence-electron chi connectivity index (χ1n) is 7.48. The lowest BCUT2D eigenvalue weighted by molar-refractivity contribution is -0.138. The largest absolute Gasteiger partial charge is 0.481 e. The fourth-order valence-electron chi connectivity index (χ4n) is 2.69. The van der Waals surface area contributed by atoms with Gasteiger partial charge in [-0.1, -0.05) is 30.3 Å². The van der Waals surface area contributed by atoms with Crippen LogP contribution in [0.5, 0.6) is 0 Å². The molecule has 5 nitrogen and oxygen atoms in total. The van der Waals surface area contributed by atoms with Gasteiger partial charge in [0.05, 0.1) is 12.5 Å². The Morgan fingerprint density at radius 3 is 2.32 bits per heavy atom. The Kier molecular flexibility index (Phi) is 4.44. The molecule has 0 aliphatic heterocycles. The summed E-state index contributed by atoms with van der Waals surface area (Å²) in [6.07, 6.45) is 1.10. The number of benzene rings is 1. The Labute approximate surface area is 130 Å². The highest BCUT2D eigenvalue weighted by molar-refractivity contribution is 5.71. The third-order valence-electron chi connectivity index (χ3n) is 3.80. The molecule has 0 radical (unpaired) electrons. The predicted octanol–water partition coefficient (Wildman–Crippen LogP) is 3.51. The number of alkyl carbamates (subject to hydrolysis) is 1. The van der Waals surface area contributed by atoms with Crippen LogP contribution in [-0.4, -0.2) is 22.8 Å². The fraction of sp³-hybridized carbons (Fsp3) is 0.529. The van der Waals surface area contributed by atoms with Gasteiger partial charge in [-0.15, -0.1) is 0 Å². The Morgan fingerprint density at radius 1 is 1.27 bits per heavy atom. The molecule has 1 aromatic rings. The number of aliphatic carboxylic acids is 1. The molecule has 1 saturated carbocycles. The van der Waals surface area contributed by atoms with Crippen LogP contribution in [-0.2, 0) is 9.53 Å². The molecule has 2 N–H and O–H groups in total. The molecule has 0 saturated heterocycles. The van der Waals surface area contributed by atoms with Crippen LogP contribution in [0.15, 0.2) is 30.3 Å². The summed E-state index contributed by atoms with van der Waals surface area (Å²) < 4.78 is 5.32. The molecule has 1 fully saturated rings. The molecular formula is C17H23NO4. The first kappa shape index (κ1) is 16.3. The number of ether oxygens (including phenoxy) is 1. The zero-order valence-electron chi connectivity index (χ0n) is 13.3. The van der Waals surface area contributed by atoms with Crippen molar-refractivity contribution in [3.8, 4) is 0 Å². The van der Waals surface area contributed by atoms with Gasteiger partial charge in [-0.2, -0.15) is 0 Å². The molecule has 22 heavy (non-hydrogen) atoms. The Morgan fingerprint density at radius 2 is 1.86 bits per heavy atom. The van der Waals surface area contributed by atoms with Gasteiger partial charge in [0, 0.05) is 5.41 Å². The first-order chi connectivity index (χ1) is 10.2. The van der Waals surface area contributed by atoms with Gasteiger partial charge in [0.15, 0.2) is 0 Å². The average Bonchev–Trinajstić information content (AvgIpc) is 3.14. The molecule has 0 spiro atoms. The van der Waals surface area contributed by atoms with E-state index in [0.717, 1.165) is 18.4 Å². The lowest BCUT2D eigenvalue weighted by Gasteiger charge is -2.29. The quantitative estimate of drug-likeness (QED) is 0.873. The summed E-state index contributed by atoms with van der Waals surface area (Å²) in [5.74, 6) is -0.843. The Hall–Kier alpha value is -2.04. The van der Waals surface area contributed by atoms with Crippen molar-refractivity contribution in [3.05, 3.63) is 35.9 Å². The lowest BCUT2D eigenvalue weighted by atomic mass is 9.87. The average molecular weight is 305 g/mol. The van der Waals surface area contributed by atoms with Crippen LogP contribution >= 0.6 is 0 Å². The molecule has 1 aliphatic carbocycles. The monoisotopic (exact) mass is 305 g/mol. The van der Waals surface area contributed by atoms with Crippen LogP contribution in [0.2, 0.25) is 0 Å². The number of hydrogen-bond donors (Lipinski definition) is 2. The molecule has 1 amide bonds. The number of nitrogens with one attached hydrogen (secondary N) is 1. The van der Waals surface area contributed by atoms with E-state index in [1.54, 1.807) is 20.8 Å². The number of carbonyl (C=O) groups is 2. The van der Waals surface area contributed by atoms with Crippen LogP contribution in [0.3, 0.4) is 0 Å².